The summed E-state index contributed by atoms with van der Waals surface area (Å²) < 4.78 is 6.51. The minimum absolute atomic E-state index is 0.0194. The number of carbonyl (C=O) groups is 2. The van der Waals surface area contributed by atoms with Gasteiger partial charge >= 0.3 is 0 Å². The molecule has 1 aromatic rings. The minimum Gasteiger partial charge on any atom is -0.394 e. The fourth-order valence-corrected chi connectivity index (χ4v) is 6.44. The van der Waals surface area contributed by atoms with E-state index in [9.17, 15) is 35.1 Å². The molecule has 0 aromatic carbocycles. The number of thioether (sulfide) groups is 1. The van der Waals surface area contributed by atoms with Crippen LogP contribution in [0.2, 0.25) is 0 Å². The Hall–Kier alpha value is -1.85. The molecule has 0 aliphatic carbocycles. The fourth-order valence-electron chi connectivity index (χ4n) is 5.45. The highest BCUT2D eigenvalue weighted by Crippen LogP contribution is 2.28. The van der Waals surface area contributed by atoms with Gasteiger partial charge in [0, 0.05) is 17.9 Å². The average molecular weight is 690 g/mol. The van der Waals surface area contributed by atoms with Crippen LogP contribution in [-0.4, -0.2) is 119 Å². The highest BCUT2D eigenvalue weighted by molar-refractivity contribution is 7.99. The molecule has 1 fully saturated rings. The molecule has 2 amide bonds. The van der Waals surface area contributed by atoms with Crippen molar-refractivity contribution in [3.63, 3.8) is 0 Å². The maximum atomic E-state index is 13.1. The molecule has 1 aliphatic rings. The number of aromatic nitrogens is 3. The van der Waals surface area contributed by atoms with Crippen LogP contribution in [0.3, 0.4) is 0 Å². The number of aliphatic hydroxyl groups excluding tert-OH is 6. The lowest BCUT2D eigenvalue weighted by Crippen LogP contribution is -2.56. The van der Waals surface area contributed by atoms with Crippen molar-refractivity contribution in [3.8, 4) is 0 Å². The van der Waals surface area contributed by atoms with E-state index in [4.69, 9.17) is 9.84 Å². The van der Waals surface area contributed by atoms with Crippen molar-refractivity contribution in [1.82, 2.24) is 20.3 Å². The topological polar surface area (TPSA) is 220 Å². The van der Waals surface area contributed by atoms with Gasteiger partial charge in [0.25, 0.3) is 0 Å². The van der Waals surface area contributed by atoms with Crippen molar-refractivity contribution >= 4 is 29.4 Å². The lowest BCUT2D eigenvalue weighted by Gasteiger charge is -2.39. The average Bonchev–Trinajstić information content (AvgIpc) is 3.52. The van der Waals surface area contributed by atoms with E-state index in [0.717, 1.165) is 23.9 Å². The molecule has 47 heavy (non-hydrogen) atoms. The summed E-state index contributed by atoms with van der Waals surface area (Å²) in [5, 5.41) is 71.6. The number of hydrogen-bond acceptors (Lipinski definition) is 12. The van der Waals surface area contributed by atoms with Crippen molar-refractivity contribution in [2.24, 2.45) is 0 Å². The second-order valence-electron chi connectivity index (χ2n) is 12.5. The Morgan fingerprint density at radius 2 is 1.45 bits per heavy atom. The van der Waals surface area contributed by atoms with E-state index in [1.165, 1.54) is 88.6 Å². The molecule has 272 valence electrons. The van der Waals surface area contributed by atoms with Gasteiger partial charge in [-0.3, -0.25) is 9.59 Å². The van der Waals surface area contributed by atoms with Crippen molar-refractivity contribution in [2.45, 2.75) is 152 Å². The van der Waals surface area contributed by atoms with Crippen molar-refractivity contribution in [1.29, 1.82) is 0 Å². The Labute approximate surface area is 283 Å². The molecular formula is C32H59N5O9S. The number of rotatable bonds is 26. The maximum Gasteiger partial charge on any atom is 0.249 e. The molecule has 0 radical (unpaired) electrons. The van der Waals surface area contributed by atoms with Crippen molar-refractivity contribution < 1.29 is 45.0 Å². The van der Waals surface area contributed by atoms with Gasteiger partial charge < -0.3 is 46.0 Å². The normalized spacial score (nSPS) is 22.6. The summed E-state index contributed by atoms with van der Waals surface area (Å²) in [6, 6.07) is -0.966. The molecule has 0 bridgehead atoms. The smallest absolute Gasteiger partial charge is 0.249 e. The summed E-state index contributed by atoms with van der Waals surface area (Å²) in [5.41, 5.74) is 0. The lowest BCUT2D eigenvalue weighted by molar-refractivity contribution is -0.254. The lowest BCUT2D eigenvalue weighted by atomic mass is 9.98. The van der Waals surface area contributed by atoms with E-state index in [1.54, 1.807) is 0 Å². The number of carbonyl (C=O) groups excluding carboxylic acids is 2. The first-order valence-electron chi connectivity index (χ1n) is 17.4. The summed E-state index contributed by atoms with van der Waals surface area (Å²) in [4.78, 5) is 25.9. The van der Waals surface area contributed by atoms with E-state index >= 15 is 0 Å². The van der Waals surface area contributed by atoms with Gasteiger partial charge in [0.1, 0.15) is 30.5 Å². The number of aliphatic hydroxyl groups is 6. The number of unbranched alkanes of at least 4 members (excludes halogenated alkanes) is 14. The van der Waals surface area contributed by atoms with E-state index in [2.05, 4.69) is 27.9 Å². The number of nitrogens with zero attached hydrogens (tertiary/aromatic N) is 3. The van der Waals surface area contributed by atoms with Gasteiger partial charge in [0.2, 0.25) is 11.8 Å². The molecule has 7 unspecified atom stereocenters. The number of nitrogens with one attached hydrogen (secondary N) is 2. The molecule has 0 saturated carbocycles. The zero-order chi connectivity index (χ0) is 34.4. The van der Waals surface area contributed by atoms with Gasteiger partial charge in [-0.2, -0.15) is 11.8 Å². The van der Waals surface area contributed by atoms with Crippen molar-refractivity contribution in [2.75, 3.05) is 30.0 Å². The minimum atomic E-state index is -1.61. The van der Waals surface area contributed by atoms with Gasteiger partial charge in [0.05, 0.1) is 25.5 Å². The monoisotopic (exact) mass is 689 g/mol. The third kappa shape index (κ3) is 15.9. The first kappa shape index (κ1) is 41.3. The van der Waals surface area contributed by atoms with E-state index in [0.29, 0.717) is 6.42 Å². The molecule has 1 aromatic heterocycles. The Balaban J connectivity index is 1.74. The number of amides is 2. The van der Waals surface area contributed by atoms with Crippen LogP contribution in [0.5, 0.6) is 0 Å². The molecule has 2 heterocycles. The summed E-state index contributed by atoms with van der Waals surface area (Å²) in [7, 11) is 0. The first-order chi connectivity index (χ1) is 22.7. The number of anilines is 1. The molecule has 2 rings (SSSR count). The SMILES string of the molecule is CCCCCCCCCCCCCCCCCC(=O)NC(CSCC(O)CO)C(=O)Nc1cn(C2OC(CO)C(O)C(O)C2O)nn1. The highest BCUT2D eigenvalue weighted by Gasteiger charge is 2.44. The first-order valence-corrected chi connectivity index (χ1v) is 18.6. The zero-order valence-electron chi connectivity index (χ0n) is 27.9. The number of hydrogen-bond donors (Lipinski definition) is 8. The maximum absolute atomic E-state index is 13.1. The van der Waals surface area contributed by atoms with Crippen LogP contribution in [0.1, 0.15) is 116 Å². The molecule has 8 N–H and O–H groups in total. The molecule has 0 spiro atoms. The van der Waals surface area contributed by atoms with Gasteiger partial charge in [-0.25, -0.2) is 4.68 Å². The quantitative estimate of drug-likeness (QED) is 0.0655. The number of ether oxygens (including phenoxy) is 1. The third-order valence-electron chi connectivity index (χ3n) is 8.35. The molecule has 7 atom stereocenters. The second kappa shape index (κ2) is 24.3. The molecule has 15 heteroatoms. The van der Waals surface area contributed by atoms with Gasteiger partial charge in [-0.1, -0.05) is 102 Å². The van der Waals surface area contributed by atoms with E-state index in [-0.39, 0.29) is 29.7 Å². The Bertz CT molecular complexity index is 989. The largest absolute Gasteiger partial charge is 0.394 e. The summed E-state index contributed by atoms with van der Waals surface area (Å²) in [5.74, 6) is -0.569. The van der Waals surface area contributed by atoms with Crippen LogP contribution in [0.15, 0.2) is 6.20 Å². The second-order valence-corrected chi connectivity index (χ2v) is 13.6. The summed E-state index contributed by atoms with van der Waals surface area (Å²) in [6.45, 7) is 1.22. The predicted octanol–water partition coefficient (Wildman–Crippen LogP) is 2.02. The van der Waals surface area contributed by atoms with Crippen LogP contribution in [0.4, 0.5) is 5.82 Å². The van der Waals surface area contributed by atoms with Gasteiger partial charge in [-0.05, 0) is 6.42 Å². The predicted molar refractivity (Wildman–Crippen MR) is 180 cm³/mol. The summed E-state index contributed by atoms with van der Waals surface area (Å²) in [6.07, 6.45) is 11.8. The van der Waals surface area contributed by atoms with Crippen LogP contribution in [-0.2, 0) is 14.3 Å². The molecule has 14 nitrogen and oxygen atoms in total. The van der Waals surface area contributed by atoms with Crippen molar-refractivity contribution in [3.05, 3.63) is 6.20 Å². The highest BCUT2D eigenvalue weighted by atomic mass is 32.2. The summed E-state index contributed by atoms with van der Waals surface area (Å²) >= 11 is 1.20. The van der Waals surface area contributed by atoms with E-state index < -0.39 is 61.9 Å². The van der Waals surface area contributed by atoms with Crippen LogP contribution in [0, 0.1) is 0 Å². The van der Waals surface area contributed by atoms with Crippen LogP contribution >= 0.6 is 11.8 Å². The fraction of sp³-hybridized carbons (Fsp3) is 0.875. The van der Waals surface area contributed by atoms with Crippen LogP contribution in [0.25, 0.3) is 0 Å². The van der Waals surface area contributed by atoms with Crippen LogP contribution < -0.4 is 10.6 Å². The third-order valence-corrected chi connectivity index (χ3v) is 9.54. The van der Waals surface area contributed by atoms with Gasteiger partial charge in [0.15, 0.2) is 12.0 Å². The Kier molecular flexibility index (Phi) is 21.4. The molecular weight excluding hydrogens is 630 g/mol. The molecule has 1 saturated heterocycles. The standard InChI is InChI=1S/C32H59N5O9S/c1-2-3-4-5-6-7-8-9-10-11-12-13-14-15-16-17-27(41)33-24(22-47-21-23(40)19-38)31(45)34-26-18-37(36-35-26)32-30(44)29(43)28(42)25(20-39)46-32/h18,23-25,28-30,32,38-40,42-44H,2-17,19-22H2,1H3,(H,33,41)(H,34,45). The van der Waals surface area contributed by atoms with Gasteiger partial charge in [-0.15, -0.1) is 5.10 Å². The Morgan fingerprint density at radius 3 is 2.00 bits per heavy atom. The molecule has 1 aliphatic heterocycles. The zero-order valence-corrected chi connectivity index (χ0v) is 28.7. The van der Waals surface area contributed by atoms with E-state index in [1.807, 2.05) is 0 Å². The Morgan fingerprint density at radius 1 is 0.872 bits per heavy atom.